The lowest BCUT2D eigenvalue weighted by atomic mass is 10.3. The molecule has 0 fully saturated rings. The molecule has 2 N–H and O–H groups in total. The zero-order chi connectivity index (χ0) is 18.6. The Balaban J connectivity index is 2.26. The molecule has 0 amide bonds. The summed E-state index contributed by atoms with van der Waals surface area (Å²) in [7, 11) is 0. The summed E-state index contributed by atoms with van der Waals surface area (Å²) in [5.74, 6) is -0.459. The van der Waals surface area contributed by atoms with Crippen molar-refractivity contribution in [1.82, 2.24) is 9.97 Å². The number of ether oxygens (including phenoxy) is 1. The number of halogens is 3. The van der Waals surface area contributed by atoms with E-state index in [2.05, 4.69) is 25.3 Å². The van der Waals surface area contributed by atoms with E-state index in [9.17, 15) is 23.3 Å². The summed E-state index contributed by atoms with van der Waals surface area (Å²) in [6.07, 6.45) is -3.65. The molecule has 0 saturated carbocycles. The second kappa shape index (κ2) is 7.20. The minimum atomic E-state index is -4.79. The first-order valence-corrected chi connectivity index (χ1v) is 7.04. The minimum Gasteiger partial charge on any atom is -0.406 e. The van der Waals surface area contributed by atoms with Crippen LogP contribution < -0.4 is 15.4 Å². The standard InChI is InChI=1S/C14H14F3N5O3/c1-8(2)20-12-11(22(23)24)13(19-7-18-12)21-9-3-5-10(6-4-9)25-14(15,16)17/h3-8H,1-2H3,(H2,18,19,20,21). The van der Waals surface area contributed by atoms with E-state index < -0.39 is 17.0 Å². The van der Waals surface area contributed by atoms with Gasteiger partial charge in [-0.2, -0.15) is 0 Å². The van der Waals surface area contributed by atoms with E-state index in [0.717, 1.165) is 18.5 Å². The highest BCUT2D eigenvalue weighted by atomic mass is 19.4. The summed E-state index contributed by atoms with van der Waals surface area (Å²) in [5, 5.41) is 16.9. The smallest absolute Gasteiger partial charge is 0.406 e. The highest BCUT2D eigenvalue weighted by molar-refractivity contribution is 5.73. The van der Waals surface area contributed by atoms with Crippen LogP contribution in [0.25, 0.3) is 0 Å². The molecule has 0 atom stereocenters. The van der Waals surface area contributed by atoms with Gasteiger partial charge in [-0.3, -0.25) is 10.1 Å². The van der Waals surface area contributed by atoms with Crippen LogP contribution in [0.4, 0.5) is 36.2 Å². The highest BCUT2D eigenvalue weighted by Gasteiger charge is 2.31. The van der Waals surface area contributed by atoms with Crippen molar-refractivity contribution in [3.63, 3.8) is 0 Å². The predicted octanol–water partition coefficient (Wildman–Crippen LogP) is 3.85. The monoisotopic (exact) mass is 357 g/mol. The van der Waals surface area contributed by atoms with Crippen molar-refractivity contribution in [1.29, 1.82) is 0 Å². The van der Waals surface area contributed by atoms with Crippen molar-refractivity contribution < 1.29 is 22.8 Å². The first kappa shape index (κ1) is 18.2. The van der Waals surface area contributed by atoms with Crippen molar-refractivity contribution in [3.05, 3.63) is 40.7 Å². The number of aromatic nitrogens is 2. The fourth-order valence-corrected chi connectivity index (χ4v) is 1.90. The van der Waals surface area contributed by atoms with Gasteiger partial charge in [0.15, 0.2) is 0 Å². The SMILES string of the molecule is CC(C)Nc1ncnc(Nc2ccc(OC(F)(F)F)cc2)c1[N+](=O)[O-]. The number of benzene rings is 1. The molecule has 2 rings (SSSR count). The van der Waals surface area contributed by atoms with E-state index in [1.165, 1.54) is 12.1 Å². The summed E-state index contributed by atoms with van der Waals surface area (Å²) in [4.78, 5) is 18.4. The maximum Gasteiger partial charge on any atom is 0.573 e. The highest BCUT2D eigenvalue weighted by Crippen LogP contribution is 2.32. The molecule has 0 saturated heterocycles. The Bertz CT molecular complexity index is 750. The third-order valence-electron chi connectivity index (χ3n) is 2.78. The molecule has 0 spiro atoms. The average molecular weight is 357 g/mol. The zero-order valence-electron chi connectivity index (χ0n) is 13.2. The molecule has 0 aliphatic carbocycles. The topological polar surface area (TPSA) is 102 Å². The zero-order valence-corrected chi connectivity index (χ0v) is 13.2. The van der Waals surface area contributed by atoms with Crippen LogP contribution in [-0.4, -0.2) is 27.3 Å². The fourth-order valence-electron chi connectivity index (χ4n) is 1.90. The lowest BCUT2D eigenvalue weighted by Crippen LogP contribution is -2.17. The van der Waals surface area contributed by atoms with Crippen LogP contribution in [0.15, 0.2) is 30.6 Å². The van der Waals surface area contributed by atoms with Gasteiger partial charge in [-0.1, -0.05) is 0 Å². The predicted molar refractivity (Wildman–Crippen MR) is 83.9 cm³/mol. The first-order valence-electron chi connectivity index (χ1n) is 7.04. The molecule has 0 aliphatic rings. The number of hydrogen-bond donors (Lipinski definition) is 2. The van der Waals surface area contributed by atoms with Gasteiger partial charge in [-0.25, -0.2) is 9.97 Å². The van der Waals surface area contributed by atoms with Gasteiger partial charge in [0.2, 0.25) is 11.6 Å². The van der Waals surface area contributed by atoms with Crippen molar-refractivity contribution in [2.75, 3.05) is 10.6 Å². The van der Waals surface area contributed by atoms with Crippen LogP contribution in [0, 0.1) is 10.1 Å². The van der Waals surface area contributed by atoms with Gasteiger partial charge in [-0.15, -0.1) is 13.2 Å². The number of alkyl halides is 3. The largest absolute Gasteiger partial charge is 0.573 e. The second-order valence-electron chi connectivity index (χ2n) is 5.17. The van der Waals surface area contributed by atoms with Gasteiger partial charge in [0, 0.05) is 11.7 Å². The van der Waals surface area contributed by atoms with Crippen LogP contribution >= 0.6 is 0 Å². The summed E-state index contributed by atoms with van der Waals surface area (Å²) in [5.41, 5.74) is -0.0707. The molecule has 0 aliphatic heterocycles. The van der Waals surface area contributed by atoms with E-state index in [4.69, 9.17) is 0 Å². The normalized spacial score (nSPS) is 11.3. The number of nitro groups is 1. The summed E-state index contributed by atoms with van der Waals surface area (Å²) >= 11 is 0. The Morgan fingerprint density at radius 2 is 1.76 bits per heavy atom. The number of hydrogen-bond acceptors (Lipinski definition) is 7. The van der Waals surface area contributed by atoms with E-state index in [-0.39, 0.29) is 23.4 Å². The van der Waals surface area contributed by atoms with Gasteiger partial charge >= 0.3 is 12.0 Å². The van der Waals surface area contributed by atoms with E-state index in [1.54, 1.807) is 13.8 Å². The Morgan fingerprint density at radius 3 is 2.28 bits per heavy atom. The van der Waals surface area contributed by atoms with Gasteiger partial charge in [0.05, 0.1) is 4.92 Å². The number of rotatable bonds is 6. The lowest BCUT2D eigenvalue weighted by molar-refractivity contribution is -0.383. The molecule has 25 heavy (non-hydrogen) atoms. The second-order valence-corrected chi connectivity index (χ2v) is 5.17. The van der Waals surface area contributed by atoms with Crippen molar-refractivity contribution in [3.8, 4) is 5.75 Å². The number of nitrogens with one attached hydrogen (secondary N) is 2. The van der Waals surface area contributed by atoms with Crippen LogP contribution in [0.2, 0.25) is 0 Å². The molecule has 0 bridgehead atoms. The number of anilines is 3. The minimum absolute atomic E-state index is 0.0366. The van der Waals surface area contributed by atoms with Crippen molar-refractivity contribution in [2.24, 2.45) is 0 Å². The third-order valence-corrected chi connectivity index (χ3v) is 2.78. The molecular weight excluding hydrogens is 343 g/mol. The van der Waals surface area contributed by atoms with E-state index in [0.29, 0.717) is 5.69 Å². The summed E-state index contributed by atoms with van der Waals surface area (Å²) in [6, 6.07) is 4.62. The fraction of sp³-hybridized carbons (Fsp3) is 0.286. The van der Waals surface area contributed by atoms with E-state index >= 15 is 0 Å². The van der Waals surface area contributed by atoms with Crippen LogP contribution in [0.3, 0.4) is 0 Å². The molecule has 134 valence electrons. The maximum atomic E-state index is 12.1. The van der Waals surface area contributed by atoms with Crippen LogP contribution in [0.5, 0.6) is 5.75 Å². The van der Waals surface area contributed by atoms with Gasteiger partial charge in [0.25, 0.3) is 0 Å². The molecule has 1 aromatic heterocycles. The summed E-state index contributed by atoms with van der Waals surface area (Å²) in [6.45, 7) is 3.58. The van der Waals surface area contributed by atoms with Gasteiger partial charge < -0.3 is 15.4 Å². The number of nitrogens with zero attached hydrogens (tertiary/aromatic N) is 3. The average Bonchev–Trinajstić information content (AvgIpc) is 2.47. The van der Waals surface area contributed by atoms with Crippen LogP contribution in [0.1, 0.15) is 13.8 Å². The first-order chi connectivity index (χ1) is 11.7. The Morgan fingerprint density at radius 1 is 1.16 bits per heavy atom. The van der Waals surface area contributed by atoms with E-state index in [1.807, 2.05) is 0 Å². The van der Waals surface area contributed by atoms with Crippen molar-refractivity contribution in [2.45, 2.75) is 26.3 Å². The Labute approximate surface area is 140 Å². The molecule has 1 aromatic carbocycles. The lowest BCUT2D eigenvalue weighted by Gasteiger charge is -2.12. The Hall–Kier alpha value is -3.11. The molecule has 11 heteroatoms. The summed E-state index contributed by atoms with van der Waals surface area (Å²) < 4.78 is 40.2. The quantitative estimate of drug-likeness (QED) is 0.598. The Kier molecular flexibility index (Phi) is 5.25. The maximum absolute atomic E-state index is 12.1. The molecule has 0 radical (unpaired) electrons. The third kappa shape index (κ3) is 5.19. The molecule has 8 nitrogen and oxygen atoms in total. The molecule has 1 heterocycles. The molecule has 2 aromatic rings. The molecular formula is C14H14F3N5O3. The van der Waals surface area contributed by atoms with Gasteiger partial charge in [-0.05, 0) is 38.1 Å². The van der Waals surface area contributed by atoms with Crippen molar-refractivity contribution >= 4 is 23.0 Å². The molecule has 0 unspecified atom stereocenters. The van der Waals surface area contributed by atoms with Gasteiger partial charge in [0.1, 0.15) is 12.1 Å². The van der Waals surface area contributed by atoms with Crippen LogP contribution in [-0.2, 0) is 0 Å².